The van der Waals surface area contributed by atoms with E-state index in [-0.39, 0.29) is 18.0 Å². The third-order valence-electron chi connectivity index (χ3n) is 5.96. The van der Waals surface area contributed by atoms with E-state index in [1.54, 1.807) is 48.1 Å². The summed E-state index contributed by atoms with van der Waals surface area (Å²) in [6.07, 6.45) is 2.08. The number of halogens is 1. The van der Waals surface area contributed by atoms with Crippen molar-refractivity contribution in [2.24, 2.45) is 7.05 Å². The van der Waals surface area contributed by atoms with Crippen molar-refractivity contribution in [3.63, 3.8) is 0 Å². The van der Waals surface area contributed by atoms with Crippen molar-refractivity contribution in [3.8, 4) is 23.5 Å². The van der Waals surface area contributed by atoms with Gasteiger partial charge in [0.1, 0.15) is 5.52 Å². The Labute approximate surface area is 185 Å². The van der Waals surface area contributed by atoms with Crippen LogP contribution in [0.2, 0.25) is 0 Å². The Bertz CT molecular complexity index is 1670. The van der Waals surface area contributed by atoms with Gasteiger partial charge in [0.2, 0.25) is 0 Å². The lowest BCUT2D eigenvalue weighted by molar-refractivity contribution is 0.243. The third-order valence-corrected chi connectivity index (χ3v) is 5.96. The molecule has 0 aliphatic carbocycles. The number of nitriles is 1. The van der Waals surface area contributed by atoms with Gasteiger partial charge in [0.25, 0.3) is 0 Å². The number of imidazole rings is 2. The Hall–Kier alpha value is -4.52. The van der Waals surface area contributed by atoms with Gasteiger partial charge in [-0.25, -0.2) is 24.1 Å². The molecule has 6 rings (SSSR count). The molecule has 4 heterocycles. The van der Waals surface area contributed by atoms with E-state index in [1.807, 2.05) is 0 Å². The van der Waals surface area contributed by atoms with Crippen molar-refractivity contribution in [1.82, 2.24) is 29.1 Å². The monoisotopic (exact) mass is 441 g/mol. The Morgan fingerprint density at radius 2 is 2.15 bits per heavy atom. The topological polar surface area (TPSA) is 114 Å². The smallest absolute Gasteiger partial charge is 0.330 e. The minimum absolute atomic E-state index is 0.164. The highest BCUT2D eigenvalue weighted by Crippen LogP contribution is 2.37. The van der Waals surface area contributed by atoms with Crippen LogP contribution in [-0.2, 0) is 7.05 Å². The van der Waals surface area contributed by atoms with Crippen molar-refractivity contribution in [3.05, 3.63) is 70.0 Å². The maximum Gasteiger partial charge on any atom is 0.330 e. The zero-order valence-corrected chi connectivity index (χ0v) is 17.4. The second-order valence-corrected chi connectivity index (χ2v) is 7.85. The molecule has 0 unspecified atom stereocenters. The molecule has 0 fully saturated rings. The first-order valence-corrected chi connectivity index (χ1v) is 10.3. The van der Waals surface area contributed by atoms with E-state index in [1.165, 1.54) is 10.6 Å². The molecule has 0 amide bonds. The number of aromatic amines is 1. The van der Waals surface area contributed by atoms with Crippen molar-refractivity contribution in [2.75, 3.05) is 6.61 Å². The minimum Gasteiger partial charge on any atom is -0.490 e. The lowest BCUT2D eigenvalue weighted by atomic mass is 10.00. The van der Waals surface area contributed by atoms with E-state index in [2.05, 4.69) is 26.0 Å². The van der Waals surface area contributed by atoms with E-state index >= 15 is 0 Å². The van der Waals surface area contributed by atoms with Crippen LogP contribution in [0.5, 0.6) is 5.75 Å². The van der Waals surface area contributed by atoms with Crippen molar-refractivity contribution < 1.29 is 9.13 Å². The zero-order valence-electron chi connectivity index (χ0n) is 17.4. The summed E-state index contributed by atoms with van der Waals surface area (Å²) in [5.41, 5.74) is 3.17. The summed E-state index contributed by atoms with van der Waals surface area (Å²) in [5, 5.41) is 9.13. The van der Waals surface area contributed by atoms with Gasteiger partial charge in [0, 0.05) is 19.0 Å². The number of para-hydroxylation sites is 1. The molecule has 0 saturated heterocycles. The molecular formula is C23H16FN7O2. The predicted molar refractivity (Wildman–Crippen MR) is 117 cm³/mol. The lowest BCUT2D eigenvalue weighted by Gasteiger charge is -2.26. The molecular weight excluding hydrogens is 425 g/mol. The number of H-pyrrole nitrogens is 1. The fourth-order valence-electron chi connectivity index (χ4n) is 4.35. The number of nitrogens with one attached hydrogen (secondary N) is 1. The summed E-state index contributed by atoms with van der Waals surface area (Å²) in [7, 11) is 1.65. The van der Waals surface area contributed by atoms with Crippen LogP contribution in [-0.4, -0.2) is 35.7 Å². The summed E-state index contributed by atoms with van der Waals surface area (Å²) in [5.74, 6) is 0.434. The number of rotatable bonds is 2. The Kier molecular flexibility index (Phi) is 4.07. The molecule has 1 N–H and O–H groups in total. The predicted octanol–water partition coefficient (Wildman–Crippen LogP) is 3.06. The second kappa shape index (κ2) is 7.00. The first-order valence-electron chi connectivity index (χ1n) is 10.3. The maximum atomic E-state index is 14.3. The van der Waals surface area contributed by atoms with E-state index in [9.17, 15) is 9.18 Å². The van der Waals surface area contributed by atoms with Crippen LogP contribution in [0.3, 0.4) is 0 Å². The fourth-order valence-corrected chi connectivity index (χ4v) is 4.35. The Balaban J connectivity index is 1.55. The van der Waals surface area contributed by atoms with Crippen LogP contribution in [0.15, 0.2) is 47.4 Å². The molecule has 3 aromatic heterocycles. The molecule has 1 aliphatic heterocycles. The summed E-state index contributed by atoms with van der Waals surface area (Å²) in [6, 6.07) is 11.5. The molecule has 0 saturated carbocycles. The molecule has 1 aliphatic rings. The first-order chi connectivity index (χ1) is 16.0. The van der Waals surface area contributed by atoms with Crippen LogP contribution < -0.4 is 10.4 Å². The Morgan fingerprint density at radius 3 is 3.00 bits per heavy atom. The molecule has 0 spiro atoms. The zero-order chi connectivity index (χ0) is 22.7. The number of nitrogens with zero attached hydrogens (tertiary/aromatic N) is 6. The number of fused-ring (bicyclic) bond motifs is 3. The van der Waals surface area contributed by atoms with Crippen LogP contribution in [0, 0.1) is 17.1 Å². The van der Waals surface area contributed by atoms with Gasteiger partial charge in [0.15, 0.2) is 28.9 Å². The number of ether oxygens (including phenoxy) is 1. The number of benzene rings is 2. The highest BCUT2D eigenvalue weighted by atomic mass is 19.1. The third kappa shape index (κ3) is 2.82. The maximum absolute atomic E-state index is 14.3. The highest BCUT2D eigenvalue weighted by molar-refractivity contribution is 5.80. The molecule has 1 atom stereocenters. The van der Waals surface area contributed by atoms with Crippen molar-refractivity contribution in [1.29, 1.82) is 5.26 Å². The molecule has 162 valence electrons. The number of aryl methyl sites for hydroxylation is 1. The number of hydrogen-bond acceptors (Lipinski definition) is 6. The van der Waals surface area contributed by atoms with E-state index in [4.69, 9.17) is 10.00 Å². The summed E-state index contributed by atoms with van der Waals surface area (Å²) in [6.45, 7) is 0.282. The largest absolute Gasteiger partial charge is 0.490 e. The van der Waals surface area contributed by atoms with Gasteiger partial charge in [-0.3, -0.25) is 9.13 Å². The quantitative estimate of drug-likeness (QED) is 0.450. The molecule has 10 heteroatoms. The van der Waals surface area contributed by atoms with Gasteiger partial charge in [0.05, 0.1) is 41.5 Å². The van der Waals surface area contributed by atoms with Gasteiger partial charge in [-0.05, 0) is 24.3 Å². The van der Waals surface area contributed by atoms with Crippen LogP contribution in [0.4, 0.5) is 4.39 Å². The fraction of sp³-hybridized carbons (Fsp3) is 0.174. The molecule has 9 nitrogen and oxygen atoms in total. The van der Waals surface area contributed by atoms with Gasteiger partial charge >= 0.3 is 5.69 Å². The lowest BCUT2D eigenvalue weighted by Crippen LogP contribution is -2.30. The molecule has 2 aromatic carbocycles. The van der Waals surface area contributed by atoms with Crippen molar-refractivity contribution in [2.45, 2.75) is 12.5 Å². The molecule has 0 radical (unpaired) electrons. The highest BCUT2D eigenvalue weighted by Gasteiger charge is 2.29. The normalized spacial score (nSPS) is 15.4. The van der Waals surface area contributed by atoms with Gasteiger partial charge < -0.3 is 9.72 Å². The minimum atomic E-state index is -0.459. The van der Waals surface area contributed by atoms with Gasteiger partial charge in [-0.1, -0.05) is 12.1 Å². The standard InChI is InChI=1S/C23H16FN7O2/c1-30-18-11-26-20(21-27-15-6-5-12(10-25)9-16(15)28-21)29-22(18)31(23(30)32)17-7-8-33-19-13(17)3-2-4-14(19)24/h2-6,9,11,17H,7-8H2,1H3,(H,27,28)/t17-/m0/s1. The van der Waals surface area contributed by atoms with Crippen LogP contribution in [0.25, 0.3) is 33.8 Å². The average Bonchev–Trinajstić information content (AvgIpc) is 3.37. The SMILES string of the molecule is Cn1c(=O)n([C@H]2CCOc3c(F)cccc32)c2nc(-c3nc4ccc(C#N)cc4[nH]3)ncc21. The summed E-state index contributed by atoms with van der Waals surface area (Å²) >= 11 is 0. The van der Waals surface area contributed by atoms with Crippen molar-refractivity contribution >= 4 is 22.2 Å². The number of hydrogen-bond donors (Lipinski definition) is 1. The first kappa shape index (κ1) is 19.2. The number of aromatic nitrogens is 6. The van der Waals surface area contributed by atoms with Crippen LogP contribution in [0.1, 0.15) is 23.6 Å². The summed E-state index contributed by atoms with van der Waals surface area (Å²) in [4.78, 5) is 30.0. The van der Waals surface area contributed by atoms with Gasteiger partial charge in [-0.15, -0.1) is 0 Å². The van der Waals surface area contributed by atoms with E-state index < -0.39 is 11.9 Å². The van der Waals surface area contributed by atoms with Crippen LogP contribution >= 0.6 is 0 Å². The molecule has 5 aromatic rings. The molecule has 33 heavy (non-hydrogen) atoms. The van der Waals surface area contributed by atoms with E-state index in [0.717, 1.165) is 0 Å². The Morgan fingerprint density at radius 1 is 1.27 bits per heavy atom. The van der Waals surface area contributed by atoms with E-state index in [0.29, 0.717) is 51.4 Å². The summed E-state index contributed by atoms with van der Waals surface area (Å²) < 4.78 is 22.9. The average molecular weight is 441 g/mol. The second-order valence-electron chi connectivity index (χ2n) is 7.85. The molecule has 0 bridgehead atoms. The van der Waals surface area contributed by atoms with Gasteiger partial charge in [-0.2, -0.15) is 5.26 Å².